The summed E-state index contributed by atoms with van der Waals surface area (Å²) in [5.74, 6) is 1.43. The summed E-state index contributed by atoms with van der Waals surface area (Å²) in [6.45, 7) is 3.82. The third kappa shape index (κ3) is 3.75. The highest BCUT2D eigenvalue weighted by Gasteiger charge is 2.27. The quantitative estimate of drug-likeness (QED) is 0.900. The van der Waals surface area contributed by atoms with Crippen LogP contribution in [0, 0.1) is 6.92 Å². The number of nitrogens with one attached hydrogen (secondary N) is 1. The van der Waals surface area contributed by atoms with E-state index in [4.69, 9.17) is 9.47 Å². The topological polar surface area (TPSA) is 54.0 Å². The molecule has 1 fully saturated rings. The Labute approximate surface area is 143 Å². The zero-order valence-corrected chi connectivity index (χ0v) is 14.8. The number of anilines is 1. The van der Waals surface area contributed by atoms with Crippen molar-refractivity contribution in [2.45, 2.75) is 38.6 Å². The van der Waals surface area contributed by atoms with E-state index in [0.29, 0.717) is 11.8 Å². The van der Waals surface area contributed by atoms with Gasteiger partial charge in [-0.1, -0.05) is 12.8 Å². The number of hydrogen-bond donors (Lipinski definition) is 1. The Morgan fingerprint density at radius 3 is 2.50 bits per heavy atom. The first-order valence-electron chi connectivity index (χ1n) is 8.67. The minimum absolute atomic E-state index is 0.0225. The summed E-state index contributed by atoms with van der Waals surface area (Å²) in [5.41, 5.74) is 1.77. The van der Waals surface area contributed by atoms with Crippen LogP contribution in [0.5, 0.6) is 11.5 Å². The maximum Gasteiger partial charge on any atom is 0.322 e. The molecule has 24 heavy (non-hydrogen) atoms. The van der Waals surface area contributed by atoms with Crippen molar-refractivity contribution in [1.82, 2.24) is 9.80 Å². The van der Waals surface area contributed by atoms with E-state index in [0.717, 1.165) is 42.9 Å². The Bertz CT molecular complexity index is 597. The van der Waals surface area contributed by atoms with Crippen LogP contribution in [0.25, 0.3) is 0 Å². The number of ether oxygens (including phenoxy) is 2. The van der Waals surface area contributed by atoms with Gasteiger partial charge in [0.05, 0.1) is 0 Å². The van der Waals surface area contributed by atoms with E-state index >= 15 is 0 Å². The molecular weight excluding hydrogens is 306 g/mol. The summed E-state index contributed by atoms with van der Waals surface area (Å²) in [6.07, 6.45) is 4.61. The van der Waals surface area contributed by atoms with Gasteiger partial charge >= 0.3 is 6.03 Å². The van der Waals surface area contributed by atoms with E-state index in [-0.39, 0.29) is 12.8 Å². The smallest absolute Gasteiger partial charge is 0.322 e. The van der Waals surface area contributed by atoms with Crippen LogP contribution in [0.4, 0.5) is 10.5 Å². The van der Waals surface area contributed by atoms with Gasteiger partial charge in [0.15, 0.2) is 11.5 Å². The fraction of sp³-hybridized carbons (Fsp3) is 0.611. The summed E-state index contributed by atoms with van der Waals surface area (Å²) >= 11 is 0. The third-order valence-electron chi connectivity index (χ3n) is 4.78. The molecule has 0 unspecified atom stereocenters. The average molecular weight is 333 g/mol. The maximum absolute atomic E-state index is 12.9. The van der Waals surface area contributed by atoms with Gasteiger partial charge in [-0.15, -0.1) is 0 Å². The van der Waals surface area contributed by atoms with E-state index in [1.165, 1.54) is 12.8 Å². The monoisotopic (exact) mass is 333 g/mol. The number of aryl methyl sites for hydroxylation is 1. The van der Waals surface area contributed by atoms with Gasteiger partial charge in [0.1, 0.15) is 0 Å². The van der Waals surface area contributed by atoms with Crippen molar-refractivity contribution in [3.8, 4) is 11.5 Å². The lowest BCUT2D eigenvalue weighted by Crippen LogP contribution is -2.45. The first-order valence-corrected chi connectivity index (χ1v) is 8.67. The molecule has 6 heteroatoms. The van der Waals surface area contributed by atoms with Gasteiger partial charge < -0.3 is 24.6 Å². The molecule has 3 rings (SSSR count). The molecule has 1 heterocycles. The molecule has 0 radical (unpaired) electrons. The molecule has 0 aromatic heterocycles. The van der Waals surface area contributed by atoms with Crippen LogP contribution in [0.1, 0.15) is 31.2 Å². The van der Waals surface area contributed by atoms with Crippen LogP contribution in [0.3, 0.4) is 0 Å². The predicted molar refractivity (Wildman–Crippen MR) is 93.8 cm³/mol. The Kier molecular flexibility index (Phi) is 5.14. The predicted octanol–water partition coefficient (Wildman–Crippen LogP) is 3.06. The van der Waals surface area contributed by atoms with Gasteiger partial charge in [-0.3, -0.25) is 0 Å². The number of carbonyl (C=O) groups is 1. The van der Waals surface area contributed by atoms with E-state index < -0.39 is 0 Å². The lowest BCUT2D eigenvalue weighted by Gasteiger charge is -2.30. The van der Waals surface area contributed by atoms with E-state index in [1.807, 2.05) is 38.1 Å². The van der Waals surface area contributed by atoms with Gasteiger partial charge in [0.25, 0.3) is 0 Å². The van der Waals surface area contributed by atoms with Crippen molar-refractivity contribution >= 4 is 11.7 Å². The van der Waals surface area contributed by atoms with Crippen molar-refractivity contribution < 1.29 is 14.3 Å². The van der Waals surface area contributed by atoms with Crippen LogP contribution in [0.15, 0.2) is 12.1 Å². The summed E-state index contributed by atoms with van der Waals surface area (Å²) in [7, 11) is 4.07. The van der Waals surface area contributed by atoms with E-state index in [2.05, 4.69) is 10.2 Å². The molecule has 2 amide bonds. The zero-order valence-electron chi connectivity index (χ0n) is 14.8. The lowest BCUT2D eigenvalue weighted by molar-refractivity contribution is 0.174. The second-order valence-corrected chi connectivity index (χ2v) is 6.89. The number of carbonyl (C=O) groups excluding carboxylic acids is 1. The molecule has 1 aromatic carbocycles. The molecular formula is C18H27N3O3. The summed E-state index contributed by atoms with van der Waals surface area (Å²) in [6, 6.07) is 4.09. The standard InChI is InChI=1S/C18H27N3O3/c1-13-10-16-17(24-12-23-16)11-15(13)19-18(22)21(9-8-20(2)3)14-6-4-5-7-14/h10-11,14H,4-9,12H2,1-3H3,(H,19,22). The second kappa shape index (κ2) is 7.30. The zero-order chi connectivity index (χ0) is 17.1. The van der Waals surface area contributed by atoms with Gasteiger partial charge in [-0.25, -0.2) is 4.79 Å². The van der Waals surface area contributed by atoms with E-state index in [9.17, 15) is 4.79 Å². The Hall–Kier alpha value is -1.95. The molecule has 0 atom stereocenters. The molecule has 2 aliphatic rings. The van der Waals surface area contributed by atoms with Crippen molar-refractivity contribution in [3.63, 3.8) is 0 Å². The first-order chi connectivity index (χ1) is 11.5. The van der Waals surface area contributed by atoms with Crippen LogP contribution in [-0.4, -0.2) is 55.9 Å². The number of hydrogen-bond acceptors (Lipinski definition) is 4. The Balaban J connectivity index is 1.72. The third-order valence-corrected chi connectivity index (χ3v) is 4.78. The van der Waals surface area contributed by atoms with Crippen LogP contribution in [0.2, 0.25) is 0 Å². The highest BCUT2D eigenvalue weighted by Crippen LogP contribution is 2.37. The fourth-order valence-electron chi connectivity index (χ4n) is 3.34. The van der Waals surface area contributed by atoms with Crippen LogP contribution in [-0.2, 0) is 0 Å². The number of benzene rings is 1. The molecule has 132 valence electrons. The van der Waals surface area contributed by atoms with Crippen molar-refractivity contribution in [1.29, 1.82) is 0 Å². The molecule has 1 saturated carbocycles. The normalized spacial score (nSPS) is 16.7. The summed E-state index contributed by atoms with van der Waals surface area (Å²) < 4.78 is 10.8. The Morgan fingerprint density at radius 1 is 1.17 bits per heavy atom. The number of fused-ring (bicyclic) bond motifs is 1. The SMILES string of the molecule is Cc1cc2c(cc1NC(=O)N(CCN(C)C)C1CCCC1)OCO2. The molecule has 1 N–H and O–H groups in total. The molecule has 1 aromatic rings. The lowest BCUT2D eigenvalue weighted by atomic mass is 10.1. The summed E-state index contributed by atoms with van der Waals surface area (Å²) in [4.78, 5) is 17.0. The molecule has 0 spiro atoms. The van der Waals surface area contributed by atoms with Crippen LogP contribution < -0.4 is 14.8 Å². The largest absolute Gasteiger partial charge is 0.454 e. The number of nitrogens with zero attached hydrogens (tertiary/aromatic N) is 2. The van der Waals surface area contributed by atoms with Gasteiger partial charge in [0.2, 0.25) is 6.79 Å². The van der Waals surface area contributed by atoms with Gasteiger partial charge in [-0.2, -0.15) is 0 Å². The number of urea groups is 1. The molecule has 0 bridgehead atoms. The van der Waals surface area contributed by atoms with Gasteiger partial charge in [0, 0.05) is 30.9 Å². The van der Waals surface area contributed by atoms with Crippen molar-refractivity contribution in [2.24, 2.45) is 0 Å². The fourth-order valence-corrected chi connectivity index (χ4v) is 3.34. The molecule has 1 aliphatic heterocycles. The minimum atomic E-state index is -0.0225. The molecule has 6 nitrogen and oxygen atoms in total. The second-order valence-electron chi connectivity index (χ2n) is 6.89. The van der Waals surface area contributed by atoms with Gasteiger partial charge in [-0.05, 0) is 45.5 Å². The summed E-state index contributed by atoms with van der Waals surface area (Å²) in [5, 5.41) is 3.07. The average Bonchev–Trinajstić information content (AvgIpc) is 3.19. The first kappa shape index (κ1) is 16.9. The highest BCUT2D eigenvalue weighted by molar-refractivity contribution is 5.91. The maximum atomic E-state index is 12.9. The minimum Gasteiger partial charge on any atom is -0.454 e. The van der Waals surface area contributed by atoms with E-state index in [1.54, 1.807) is 0 Å². The van der Waals surface area contributed by atoms with Crippen molar-refractivity contribution in [2.75, 3.05) is 39.3 Å². The molecule has 0 saturated heterocycles. The number of likely N-dealkylation sites (N-methyl/N-ethyl adjacent to an activating group) is 1. The highest BCUT2D eigenvalue weighted by atomic mass is 16.7. The number of rotatable bonds is 5. The Morgan fingerprint density at radius 2 is 1.83 bits per heavy atom. The number of amides is 2. The van der Waals surface area contributed by atoms with Crippen molar-refractivity contribution in [3.05, 3.63) is 17.7 Å². The molecule has 1 aliphatic carbocycles. The van der Waals surface area contributed by atoms with Crippen LogP contribution >= 0.6 is 0 Å².